The number of carboxylic acids is 1. The van der Waals surface area contributed by atoms with Gasteiger partial charge in [-0.3, -0.25) is 0 Å². The van der Waals surface area contributed by atoms with Crippen LogP contribution in [0.1, 0.15) is 86.0 Å². The van der Waals surface area contributed by atoms with Gasteiger partial charge in [-0.05, 0) is 90.8 Å². The summed E-state index contributed by atoms with van der Waals surface area (Å²) in [6, 6.07) is 0. The third-order valence-corrected chi connectivity index (χ3v) is 12.2. The molecule has 6 rings (SSSR count). The summed E-state index contributed by atoms with van der Waals surface area (Å²) >= 11 is 0. The van der Waals surface area contributed by atoms with Crippen molar-refractivity contribution in [3.63, 3.8) is 0 Å². The van der Waals surface area contributed by atoms with E-state index in [1.54, 1.807) is 5.92 Å². The van der Waals surface area contributed by atoms with Gasteiger partial charge in [0.25, 0.3) is 0 Å². The van der Waals surface area contributed by atoms with Gasteiger partial charge in [-0.25, -0.2) is 4.79 Å². The molecule has 1 saturated heterocycles. The maximum Gasteiger partial charge on any atom is 0.339 e. The summed E-state index contributed by atoms with van der Waals surface area (Å²) in [7, 11) is 0. The molecule has 32 heavy (non-hydrogen) atoms. The normalized spacial score (nSPS) is 57.0. The second-order valence-corrected chi connectivity index (χ2v) is 13.3. The second-order valence-electron chi connectivity index (χ2n) is 13.3. The smallest absolute Gasteiger partial charge is 0.339 e. The molecule has 177 valence electrons. The van der Waals surface area contributed by atoms with Crippen molar-refractivity contribution < 1.29 is 24.9 Å². The van der Waals surface area contributed by atoms with Crippen molar-refractivity contribution >= 4 is 5.97 Å². The van der Waals surface area contributed by atoms with E-state index in [9.17, 15) is 20.1 Å². The fourth-order valence-electron chi connectivity index (χ4n) is 10.5. The summed E-state index contributed by atoms with van der Waals surface area (Å²) in [6.45, 7) is 11.3. The number of ether oxygens (including phenoxy) is 1. The third-order valence-electron chi connectivity index (χ3n) is 12.2. The van der Waals surface area contributed by atoms with Crippen LogP contribution in [-0.2, 0) is 9.53 Å². The first-order valence-electron chi connectivity index (χ1n) is 12.7. The van der Waals surface area contributed by atoms with Gasteiger partial charge < -0.3 is 20.1 Å². The first kappa shape index (κ1) is 21.9. The highest BCUT2D eigenvalue weighted by Crippen LogP contribution is 2.90. The number of carboxylic acid groups (broad SMARTS) is 1. The standard InChI is InChI=1S/C27H39O5/c1-14-12-15(22(30)31)32-20-19(14)24(4)10-11-27-13-26(27)9-8-18(28)23(2,3)16(26)6-7-17(27)25(24,5)21(20)29/h14,16,18-19,21,28-29H,6-13H2,1-5H3,(H,30,31)/t14-,16+,18?,19+,21+,24-,25-,26-,27+/m1/s1. The molecule has 3 radical (unpaired) electrons. The summed E-state index contributed by atoms with van der Waals surface area (Å²) in [5, 5.41) is 32.3. The van der Waals surface area contributed by atoms with E-state index in [4.69, 9.17) is 4.74 Å². The minimum Gasteiger partial charge on any atom is -0.479 e. The predicted molar refractivity (Wildman–Crippen MR) is 118 cm³/mol. The molecule has 6 fully saturated rings. The van der Waals surface area contributed by atoms with Crippen LogP contribution in [0.5, 0.6) is 0 Å². The summed E-state index contributed by atoms with van der Waals surface area (Å²) in [6.07, 6.45) is 7.65. The monoisotopic (exact) mass is 443 g/mol. The predicted octanol–water partition coefficient (Wildman–Crippen LogP) is 4.53. The number of carbonyl (C=O) groups is 1. The van der Waals surface area contributed by atoms with Crippen LogP contribution in [0.2, 0.25) is 0 Å². The van der Waals surface area contributed by atoms with E-state index in [1.807, 2.05) is 0 Å². The van der Waals surface area contributed by atoms with Crippen LogP contribution in [0.25, 0.3) is 0 Å². The zero-order chi connectivity index (χ0) is 23.1. The number of hydrogen-bond donors (Lipinski definition) is 3. The summed E-state index contributed by atoms with van der Waals surface area (Å²) in [5.74, 6) is 1.31. The SMILES string of the molecule is C[C@@H]1C[C](C(=O)O)O[C]2[C@H]1[C@@]1(C)CC[C@@]34C[C@@]35CCC(O)C(C)(C)[C@@H]5CC[C]4[C@]1(C)[C@H]2O. The topological polar surface area (TPSA) is 87.0 Å². The van der Waals surface area contributed by atoms with Crippen molar-refractivity contribution in [3.05, 3.63) is 18.1 Å². The van der Waals surface area contributed by atoms with Crippen molar-refractivity contribution in [1.29, 1.82) is 0 Å². The molecular formula is C27H39O5. The van der Waals surface area contributed by atoms with Crippen LogP contribution in [0.15, 0.2) is 0 Å². The lowest BCUT2D eigenvalue weighted by Gasteiger charge is -2.63. The molecule has 1 heterocycles. The number of hydrogen-bond acceptors (Lipinski definition) is 4. The summed E-state index contributed by atoms with van der Waals surface area (Å²) in [4.78, 5) is 11.7. The van der Waals surface area contributed by atoms with Gasteiger partial charge in [-0.1, -0.05) is 34.6 Å². The minimum atomic E-state index is -1.01. The molecule has 1 unspecified atom stereocenters. The van der Waals surface area contributed by atoms with Gasteiger partial charge in [0, 0.05) is 11.3 Å². The van der Waals surface area contributed by atoms with Gasteiger partial charge in [0.15, 0.2) is 0 Å². The minimum absolute atomic E-state index is 0.0606. The average molecular weight is 444 g/mol. The highest BCUT2D eigenvalue weighted by molar-refractivity contribution is 5.81. The zero-order valence-electron chi connectivity index (χ0n) is 20.2. The van der Waals surface area contributed by atoms with Gasteiger partial charge in [0.1, 0.15) is 6.10 Å². The first-order chi connectivity index (χ1) is 14.9. The van der Waals surface area contributed by atoms with Crippen molar-refractivity contribution in [2.24, 2.45) is 44.8 Å². The molecule has 0 aromatic heterocycles. The molecular weight excluding hydrogens is 404 g/mol. The molecule has 0 bridgehead atoms. The summed E-state index contributed by atoms with van der Waals surface area (Å²) < 4.78 is 5.99. The molecule has 0 aromatic rings. The Bertz CT molecular complexity index is 855. The molecule has 2 spiro atoms. The highest BCUT2D eigenvalue weighted by Gasteiger charge is 2.85. The quantitative estimate of drug-likeness (QED) is 0.554. The Morgan fingerprint density at radius 1 is 1.06 bits per heavy atom. The molecule has 5 heteroatoms. The van der Waals surface area contributed by atoms with Gasteiger partial charge in [-0.2, -0.15) is 0 Å². The van der Waals surface area contributed by atoms with E-state index in [0.29, 0.717) is 18.4 Å². The highest BCUT2D eigenvalue weighted by atomic mass is 16.5. The zero-order valence-corrected chi connectivity index (χ0v) is 20.2. The number of fused-ring (bicyclic) bond motifs is 4. The molecule has 5 saturated carbocycles. The van der Waals surface area contributed by atoms with Crippen LogP contribution in [0.4, 0.5) is 0 Å². The van der Waals surface area contributed by atoms with E-state index >= 15 is 0 Å². The fraction of sp³-hybridized carbons (Fsp3) is 0.852. The van der Waals surface area contributed by atoms with Crippen molar-refractivity contribution in [2.45, 2.75) is 98.2 Å². The Kier molecular flexibility index (Phi) is 4.18. The van der Waals surface area contributed by atoms with Crippen molar-refractivity contribution in [1.82, 2.24) is 0 Å². The van der Waals surface area contributed by atoms with Crippen LogP contribution in [0, 0.1) is 63.0 Å². The van der Waals surface area contributed by atoms with Crippen LogP contribution < -0.4 is 0 Å². The van der Waals surface area contributed by atoms with Gasteiger partial charge in [0.2, 0.25) is 6.10 Å². The Balaban J connectivity index is 1.40. The van der Waals surface area contributed by atoms with E-state index in [1.165, 1.54) is 6.42 Å². The molecule has 9 atom stereocenters. The van der Waals surface area contributed by atoms with Crippen LogP contribution >= 0.6 is 0 Å². The van der Waals surface area contributed by atoms with Crippen molar-refractivity contribution in [2.75, 3.05) is 0 Å². The van der Waals surface area contributed by atoms with E-state index < -0.39 is 12.1 Å². The Morgan fingerprint density at radius 3 is 2.47 bits per heavy atom. The Hall–Kier alpha value is -0.650. The van der Waals surface area contributed by atoms with Gasteiger partial charge in [0.05, 0.1) is 12.2 Å². The lowest BCUT2D eigenvalue weighted by atomic mass is 9.41. The third kappa shape index (κ3) is 2.13. The number of rotatable bonds is 1. The molecule has 6 aliphatic rings. The van der Waals surface area contributed by atoms with E-state index in [2.05, 4.69) is 34.6 Å². The Labute approximate surface area is 192 Å². The van der Waals surface area contributed by atoms with E-state index in [-0.39, 0.29) is 51.1 Å². The fourth-order valence-corrected chi connectivity index (χ4v) is 10.5. The van der Waals surface area contributed by atoms with Gasteiger partial charge >= 0.3 is 5.97 Å². The molecule has 5 nitrogen and oxygen atoms in total. The number of aliphatic carboxylic acids is 1. The molecule has 0 amide bonds. The van der Waals surface area contributed by atoms with Crippen molar-refractivity contribution in [3.8, 4) is 0 Å². The number of aliphatic hydroxyl groups excluding tert-OH is 2. The lowest BCUT2D eigenvalue weighted by molar-refractivity contribution is -0.146. The second kappa shape index (κ2) is 6.12. The Morgan fingerprint density at radius 2 is 1.78 bits per heavy atom. The maximum atomic E-state index is 11.8. The van der Waals surface area contributed by atoms with E-state index in [0.717, 1.165) is 38.5 Å². The first-order valence-corrected chi connectivity index (χ1v) is 12.7. The molecule has 1 aliphatic heterocycles. The summed E-state index contributed by atoms with van der Waals surface area (Å²) in [5.41, 5.74) is -0.112. The average Bonchev–Trinajstić information content (AvgIpc) is 3.36. The molecule has 5 aliphatic carbocycles. The van der Waals surface area contributed by atoms with Crippen LogP contribution in [0.3, 0.4) is 0 Å². The van der Waals surface area contributed by atoms with Crippen LogP contribution in [-0.4, -0.2) is 33.5 Å². The molecule has 0 aromatic carbocycles. The molecule has 3 N–H and O–H groups in total. The number of aliphatic hydroxyl groups is 2. The maximum absolute atomic E-state index is 11.8. The lowest BCUT2D eigenvalue weighted by Crippen LogP contribution is -2.58. The largest absolute Gasteiger partial charge is 0.479 e. The van der Waals surface area contributed by atoms with Gasteiger partial charge in [-0.15, -0.1) is 0 Å².